The van der Waals surface area contributed by atoms with Crippen molar-refractivity contribution in [2.75, 3.05) is 4.72 Å². The van der Waals surface area contributed by atoms with Gasteiger partial charge in [0.15, 0.2) is 0 Å². The van der Waals surface area contributed by atoms with Crippen molar-refractivity contribution in [3.8, 4) is 0 Å². The maximum absolute atomic E-state index is 12.9. The summed E-state index contributed by atoms with van der Waals surface area (Å²) in [6.45, 7) is 7.46. The number of fused-ring (bicyclic) bond motifs is 1. The van der Waals surface area contributed by atoms with Crippen LogP contribution in [-0.4, -0.2) is 23.0 Å². The maximum atomic E-state index is 12.9. The molecule has 0 bridgehead atoms. The summed E-state index contributed by atoms with van der Waals surface area (Å²) in [5.74, 6) is 0. The number of aryl methyl sites for hydroxylation is 4. The number of imidazole rings is 1. The molecule has 2 heterocycles. The first kappa shape index (κ1) is 15.9. The fourth-order valence-corrected chi connectivity index (χ4v) is 4.69. The van der Waals surface area contributed by atoms with Crippen LogP contribution in [-0.2, 0) is 16.4 Å². The lowest BCUT2D eigenvalue weighted by Crippen LogP contribution is -2.17. The Kier molecular flexibility index (Phi) is 3.89. The van der Waals surface area contributed by atoms with Gasteiger partial charge in [0.2, 0.25) is 9.99 Å². The standard InChI is InChI=1S/C15H18N4O2S2/c1-5-13-17-19-14(11(4)16-15(19)22-13)23(20,21)18-12-8-9(2)6-7-10(12)3/h6-8,18H,5H2,1-4H3. The Morgan fingerprint density at radius 1 is 1.26 bits per heavy atom. The molecule has 6 nitrogen and oxygen atoms in total. The molecule has 1 N–H and O–H groups in total. The summed E-state index contributed by atoms with van der Waals surface area (Å²) in [4.78, 5) is 4.93. The van der Waals surface area contributed by atoms with E-state index >= 15 is 0 Å². The summed E-state index contributed by atoms with van der Waals surface area (Å²) < 4.78 is 29.8. The molecule has 1 aromatic carbocycles. The minimum Gasteiger partial charge on any atom is -0.278 e. The zero-order chi connectivity index (χ0) is 16.8. The normalized spacial score (nSPS) is 12.0. The Hall–Kier alpha value is -1.93. The van der Waals surface area contributed by atoms with E-state index in [1.54, 1.807) is 6.92 Å². The van der Waals surface area contributed by atoms with Crippen LogP contribution in [0.5, 0.6) is 0 Å². The number of benzene rings is 1. The highest BCUT2D eigenvalue weighted by atomic mass is 32.2. The zero-order valence-electron chi connectivity index (χ0n) is 13.4. The molecule has 0 radical (unpaired) electrons. The van der Waals surface area contributed by atoms with E-state index in [9.17, 15) is 8.42 Å². The van der Waals surface area contributed by atoms with Crippen molar-refractivity contribution < 1.29 is 8.42 Å². The number of anilines is 1. The Bertz CT molecular complexity index is 986. The van der Waals surface area contributed by atoms with Crippen molar-refractivity contribution in [2.24, 2.45) is 0 Å². The summed E-state index contributed by atoms with van der Waals surface area (Å²) in [6.07, 6.45) is 0.747. The predicted molar refractivity (Wildman–Crippen MR) is 91.7 cm³/mol. The van der Waals surface area contributed by atoms with E-state index in [4.69, 9.17) is 0 Å². The van der Waals surface area contributed by atoms with Crippen molar-refractivity contribution in [1.29, 1.82) is 0 Å². The zero-order valence-corrected chi connectivity index (χ0v) is 15.0. The van der Waals surface area contributed by atoms with Crippen LogP contribution in [0.25, 0.3) is 4.96 Å². The van der Waals surface area contributed by atoms with Gasteiger partial charge in [0, 0.05) is 0 Å². The average molecular weight is 350 g/mol. The van der Waals surface area contributed by atoms with Crippen LogP contribution in [0.2, 0.25) is 0 Å². The predicted octanol–water partition coefficient (Wildman–Crippen LogP) is 3.08. The highest BCUT2D eigenvalue weighted by Gasteiger charge is 2.26. The molecule has 3 aromatic rings. The first-order valence-corrected chi connectivity index (χ1v) is 9.57. The van der Waals surface area contributed by atoms with Gasteiger partial charge in [-0.15, -0.1) is 0 Å². The number of hydrogen-bond acceptors (Lipinski definition) is 5. The summed E-state index contributed by atoms with van der Waals surface area (Å²) in [5.41, 5.74) is 2.88. The summed E-state index contributed by atoms with van der Waals surface area (Å²) in [6, 6.07) is 5.66. The molecule has 0 saturated heterocycles. The summed E-state index contributed by atoms with van der Waals surface area (Å²) in [5, 5.41) is 5.31. The van der Waals surface area contributed by atoms with Gasteiger partial charge >= 0.3 is 0 Å². The number of hydrogen-bond donors (Lipinski definition) is 1. The lowest BCUT2D eigenvalue weighted by atomic mass is 10.1. The van der Waals surface area contributed by atoms with Crippen LogP contribution < -0.4 is 4.72 Å². The minimum absolute atomic E-state index is 0.101. The summed E-state index contributed by atoms with van der Waals surface area (Å²) >= 11 is 1.41. The lowest BCUT2D eigenvalue weighted by molar-refractivity contribution is 0.592. The lowest BCUT2D eigenvalue weighted by Gasteiger charge is -2.11. The third-order valence-corrected chi connectivity index (χ3v) is 6.08. The first-order chi connectivity index (χ1) is 10.8. The van der Waals surface area contributed by atoms with Crippen LogP contribution in [0.4, 0.5) is 5.69 Å². The molecule has 0 atom stereocenters. The average Bonchev–Trinajstić information content (AvgIpc) is 2.98. The highest BCUT2D eigenvalue weighted by Crippen LogP contribution is 2.25. The van der Waals surface area contributed by atoms with E-state index in [1.807, 2.05) is 39.0 Å². The van der Waals surface area contributed by atoms with Gasteiger partial charge in [-0.2, -0.15) is 18.0 Å². The smallest absolute Gasteiger partial charge is 0.278 e. The Balaban J connectivity index is 2.10. The van der Waals surface area contributed by atoms with Gasteiger partial charge in [0.1, 0.15) is 5.01 Å². The molecule has 0 aliphatic rings. The van der Waals surface area contributed by atoms with Gasteiger partial charge in [-0.3, -0.25) is 4.72 Å². The van der Waals surface area contributed by atoms with Gasteiger partial charge in [-0.1, -0.05) is 30.4 Å². The monoisotopic (exact) mass is 350 g/mol. The molecule has 0 aliphatic heterocycles. The van der Waals surface area contributed by atoms with Gasteiger partial charge in [0.25, 0.3) is 10.0 Å². The molecule has 0 unspecified atom stereocenters. The van der Waals surface area contributed by atoms with Gasteiger partial charge in [0.05, 0.1) is 11.4 Å². The minimum atomic E-state index is -3.77. The second-order valence-corrected chi connectivity index (χ2v) is 8.11. The molecule has 3 rings (SSSR count). The van der Waals surface area contributed by atoms with Crippen LogP contribution >= 0.6 is 11.3 Å². The van der Waals surface area contributed by atoms with Crippen LogP contribution in [0.1, 0.15) is 28.8 Å². The third kappa shape index (κ3) is 2.84. The molecule has 0 saturated carbocycles. The van der Waals surface area contributed by atoms with Crippen molar-refractivity contribution in [1.82, 2.24) is 14.6 Å². The molecule has 0 amide bonds. The molecule has 0 spiro atoms. The Morgan fingerprint density at radius 2 is 2.00 bits per heavy atom. The largest absolute Gasteiger partial charge is 0.281 e. The van der Waals surface area contributed by atoms with Crippen molar-refractivity contribution in [3.05, 3.63) is 40.0 Å². The maximum Gasteiger partial charge on any atom is 0.281 e. The van der Waals surface area contributed by atoms with Crippen molar-refractivity contribution >= 4 is 32.0 Å². The third-order valence-electron chi connectivity index (χ3n) is 3.56. The fraction of sp³-hybridized carbons (Fsp3) is 0.333. The van der Waals surface area contributed by atoms with E-state index in [0.717, 1.165) is 22.6 Å². The molecular formula is C15H18N4O2S2. The number of sulfonamides is 1. The SMILES string of the molecule is CCc1nn2c(S(=O)(=O)Nc3cc(C)ccc3C)c(C)nc2s1. The molecular weight excluding hydrogens is 332 g/mol. The number of rotatable bonds is 4. The Morgan fingerprint density at radius 3 is 2.70 bits per heavy atom. The number of aromatic nitrogens is 3. The quantitative estimate of drug-likeness (QED) is 0.784. The van der Waals surface area contributed by atoms with Gasteiger partial charge in [-0.05, 0) is 44.4 Å². The van der Waals surface area contributed by atoms with Crippen molar-refractivity contribution in [2.45, 2.75) is 39.1 Å². The van der Waals surface area contributed by atoms with E-state index in [2.05, 4.69) is 14.8 Å². The molecule has 0 aliphatic carbocycles. The van der Waals surface area contributed by atoms with Crippen LogP contribution in [0.3, 0.4) is 0 Å². The highest BCUT2D eigenvalue weighted by molar-refractivity contribution is 7.92. The van der Waals surface area contributed by atoms with E-state index in [1.165, 1.54) is 15.9 Å². The van der Waals surface area contributed by atoms with Crippen LogP contribution in [0.15, 0.2) is 23.2 Å². The van der Waals surface area contributed by atoms with E-state index < -0.39 is 10.0 Å². The molecule has 0 fully saturated rings. The number of nitrogens with zero attached hydrogens (tertiary/aromatic N) is 3. The van der Waals surface area contributed by atoms with Gasteiger partial charge in [-0.25, -0.2) is 4.98 Å². The van der Waals surface area contributed by atoms with Crippen LogP contribution in [0, 0.1) is 20.8 Å². The fourth-order valence-electron chi connectivity index (χ4n) is 2.36. The van der Waals surface area contributed by atoms with Gasteiger partial charge < -0.3 is 0 Å². The first-order valence-electron chi connectivity index (χ1n) is 7.27. The van der Waals surface area contributed by atoms with E-state index in [-0.39, 0.29) is 5.03 Å². The molecule has 23 heavy (non-hydrogen) atoms. The second kappa shape index (κ2) is 5.61. The van der Waals surface area contributed by atoms with E-state index in [0.29, 0.717) is 16.3 Å². The molecule has 2 aromatic heterocycles. The molecule has 122 valence electrons. The molecule has 8 heteroatoms. The second-order valence-electron chi connectivity index (χ2n) is 5.47. The number of nitrogens with one attached hydrogen (secondary N) is 1. The summed E-state index contributed by atoms with van der Waals surface area (Å²) in [7, 11) is -3.77. The Labute approximate surface area is 139 Å². The van der Waals surface area contributed by atoms with Crippen molar-refractivity contribution in [3.63, 3.8) is 0 Å². The topological polar surface area (TPSA) is 76.4 Å².